The molecule has 25 heavy (non-hydrogen) atoms. The van der Waals surface area contributed by atoms with Gasteiger partial charge in [0.15, 0.2) is 0 Å². The van der Waals surface area contributed by atoms with Crippen LogP contribution in [0.15, 0.2) is 83.5 Å². The summed E-state index contributed by atoms with van der Waals surface area (Å²) in [6.45, 7) is 0. The number of H-pyrrole nitrogens is 1. The summed E-state index contributed by atoms with van der Waals surface area (Å²) in [5, 5.41) is 4.46. The third kappa shape index (κ3) is 3.08. The van der Waals surface area contributed by atoms with Crippen LogP contribution in [0.2, 0.25) is 0 Å². The Morgan fingerprint density at radius 3 is 2.16 bits per heavy atom. The number of aromatic amines is 1. The number of hydrogen-bond acceptors (Lipinski definition) is 1. The van der Waals surface area contributed by atoms with Gasteiger partial charge in [0.2, 0.25) is 0 Å². The van der Waals surface area contributed by atoms with Crippen LogP contribution in [-0.2, 0) is 0 Å². The average Bonchev–Trinajstić information content (AvgIpc) is 3.08. The van der Waals surface area contributed by atoms with Crippen molar-refractivity contribution in [2.75, 3.05) is 12.4 Å². The average molecular weight is 391 g/mol. The monoisotopic (exact) mass is 390 g/mol. The Labute approximate surface area is 156 Å². The van der Waals surface area contributed by atoms with Gasteiger partial charge < -0.3 is 10.3 Å². The Morgan fingerprint density at radius 2 is 1.48 bits per heavy atom. The molecule has 0 aliphatic rings. The van der Waals surface area contributed by atoms with Crippen molar-refractivity contribution in [2.24, 2.45) is 0 Å². The van der Waals surface area contributed by atoms with Crippen molar-refractivity contribution in [2.45, 2.75) is 5.92 Å². The van der Waals surface area contributed by atoms with E-state index in [1.165, 1.54) is 27.6 Å². The predicted octanol–water partition coefficient (Wildman–Crippen LogP) is 6.15. The molecule has 4 aromatic rings. The Balaban J connectivity index is 1.90. The van der Waals surface area contributed by atoms with Crippen molar-refractivity contribution < 1.29 is 0 Å². The van der Waals surface area contributed by atoms with Gasteiger partial charge in [0.25, 0.3) is 0 Å². The molecule has 124 valence electrons. The number of halogens is 1. The lowest BCUT2D eigenvalue weighted by Gasteiger charge is -2.19. The largest absolute Gasteiger partial charge is 0.388 e. The van der Waals surface area contributed by atoms with Gasteiger partial charge in [-0.3, -0.25) is 0 Å². The van der Waals surface area contributed by atoms with E-state index in [1.807, 2.05) is 7.05 Å². The molecule has 0 fully saturated rings. The Kier molecular flexibility index (Phi) is 4.33. The summed E-state index contributed by atoms with van der Waals surface area (Å²) < 4.78 is 1.10. The highest BCUT2D eigenvalue weighted by atomic mass is 79.9. The van der Waals surface area contributed by atoms with Crippen LogP contribution in [-0.4, -0.2) is 12.0 Å². The van der Waals surface area contributed by atoms with Gasteiger partial charge in [0, 0.05) is 40.2 Å². The van der Waals surface area contributed by atoms with Crippen molar-refractivity contribution in [1.29, 1.82) is 0 Å². The molecule has 3 heteroatoms. The van der Waals surface area contributed by atoms with Crippen LogP contribution in [0, 0.1) is 0 Å². The fraction of sp³-hybridized carbons (Fsp3) is 0.0909. The van der Waals surface area contributed by atoms with E-state index in [2.05, 4.69) is 105 Å². The summed E-state index contributed by atoms with van der Waals surface area (Å²) >= 11 is 3.54. The van der Waals surface area contributed by atoms with E-state index < -0.39 is 0 Å². The standard InChI is InChI=1S/C22H19BrN2/c1-24-18-12-8-16(9-13-18)22(15-6-10-17(23)11-7-15)20-14-25-21-5-3-2-4-19(20)21/h2-14,22,24-25H,1H3. The van der Waals surface area contributed by atoms with E-state index in [4.69, 9.17) is 0 Å². The number of aromatic nitrogens is 1. The van der Waals surface area contributed by atoms with Crippen molar-refractivity contribution in [3.8, 4) is 0 Å². The van der Waals surface area contributed by atoms with Crippen molar-refractivity contribution in [1.82, 2.24) is 4.98 Å². The van der Waals surface area contributed by atoms with Gasteiger partial charge >= 0.3 is 0 Å². The number of anilines is 1. The molecule has 1 aromatic heterocycles. The van der Waals surface area contributed by atoms with Gasteiger partial charge in [-0.25, -0.2) is 0 Å². The number of para-hydroxylation sites is 1. The molecule has 2 N–H and O–H groups in total. The maximum atomic E-state index is 3.54. The molecule has 1 unspecified atom stereocenters. The zero-order chi connectivity index (χ0) is 17.2. The summed E-state index contributed by atoms with van der Waals surface area (Å²) in [6, 6.07) is 25.8. The quantitative estimate of drug-likeness (QED) is 0.429. The zero-order valence-electron chi connectivity index (χ0n) is 14.0. The summed E-state index contributed by atoms with van der Waals surface area (Å²) in [4.78, 5) is 3.42. The molecule has 0 spiro atoms. The highest BCUT2D eigenvalue weighted by molar-refractivity contribution is 9.10. The Hall–Kier alpha value is -2.52. The van der Waals surface area contributed by atoms with Crippen LogP contribution in [0.3, 0.4) is 0 Å². The number of hydrogen-bond donors (Lipinski definition) is 2. The van der Waals surface area contributed by atoms with E-state index >= 15 is 0 Å². The van der Waals surface area contributed by atoms with Gasteiger partial charge in [0.05, 0.1) is 0 Å². The van der Waals surface area contributed by atoms with Crippen LogP contribution in [0.1, 0.15) is 22.6 Å². The molecule has 0 saturated carbocycles. The summed E-state index contributed by atoms with van der Waals surface area (Å²) in [7, 11) is 1.95. The molecule has 3 aromatic carbocycles. The highest BCUT2D eigenvalue weighted by Crippen LogP contribution is 2.36. The van der Waals surface area contributed by atoms with Gasteiger partial charge in [-0.2, -0.15) is 0 Å². The number of rotatable bonds is 4. The van der Waals surface area contributed by atoms with Crippen LogP contribution in [0.5, 0.6) is 0 Å². The first-order valence-corrected chi connectivity index (χ1v) is 9.15. The molecule has 4 rings (SSSR count). The van der Waals surface area contributed by atoms with Crippen LogP contribution < -0.4 is 5.32 Å². The van der Waals surface area contributed by atoms with E-state index in [0.717, 1.165) is 10.2 Å². The van der Waals surface area contributed by atoms with Gasteiger partial charge in [-0.1, -0.05) is 58.4 Å². The van der Waals surface area contributed by atoms with E-state index in [-0.39, 0.29) is 5.92 Å². The Morgan fingerprint density at radius 1 is 0.840 bits per heavy atom. The van der Waals surface area contributed by atoms with E-state index in [1.54, 1.807) is 0 Å². The smallest absolute Gasteiger partial charge is 0.0457 e. The maximum Gasteiger partial charge on any atom is 0.0457 e. The second-order valence-corrected chi connectivity index (χ2v) is 7.06. The molecule has 0 amide bonds. The zero-order valence-corrected chi connectivity index (χ0v) is 15.5. The number of fused-ring (bicyclic) bond motifs is 1. The van der Waals surface area contributed by atoms with Crippen LogP contribution in [0.4, 0.5) is 5.69 Å². The van der Waals surface area contributed by atoms with Gasteiger partial charge in [-0.15, -0.1) is 0 Å². The fourth-order valence-electron chi connectivity index (χ4n) is 3.38. The minimum absolute atomic E-state index is 0.190. The normalized spacial score (nSPS) is 12.2. The first-order chi connectivity index (χ1) is 12.3. The lowest BCUT2D eigenvalue weighted by atomic mass is 9.85. The van der Waals surface area contributed by atoms with Crippen LogP contribution in [0.25, 0.3) is 10.9 Å². The second kappa shape index (κ2) is 6.77. The molecule has 0 saturated heterocycles. The van der Waals surface area contributed by atoms with Crippen LogP contribution >= 0.6 is 15.9 Å². The molecule has 0 bridgehead atoms. The third-order valence-corrected chi connectivity index (χ3v) is 5.20. The van der Waals surface area contributed by atoms with E-state index in [9.17, 15) is 0 Å². The lowest BCUT2D eigenvalue weighted by Crippen LogP contribution is -2.03. The maximum absolute atomic E-state index is 3.54. The Bertz CT molecular complexity index is 985. The molecule has 2 nitrogen and oxygen atoms in total. The SMILES string of the molecule is CNc1ccc(C(c2ccc(Br)cc2)c2c[nH]c3ccccc23)cc1. The molecule has 0 aliphatic carbocycles. The summed E-state index contributed by atoms with van der Waals surface area (Å²) in [5.74, 6) is 0.190. The summed E-state index contributed by atoms with van der Waals surface area (Å²) in [6.07, 6.45) is 2.14. The molecular weight excluding hydrogens is 372 g/mol. The van der Waals surface area contributed by atoms with Gasteiger partial charge in [0.1, 0.15) is 0 Å². The minimum Gasteiger partial charge on any atom is -0.388 e. The number of nitrogens with one attached hydrogen (secondary N) is 2. The van der Waals surface area contributed by atoms with Crippen molar-refractivity contribution >= 4 is 32.5 Å². The topological polar surface area (TPSA) is 27.8 Å². The molecule has 0 aliphatic heterocycles. The highest BCUT2D eigenvalue weighted by Gasteiger charge is 2.20. The first kappa shape index (κ1) is 16.0. The predicted molar refractivity (Wildman–Crippen MR) is 109 cm³/mol. The third-order valence-electron chi connectivity index (χ3n) is 4.67. The van der Waals surface area contributed by atoms with Crippen molar-refractivity contribution in [3.63, 3.8) is 0 Å². The van der Waals surface area contributed by atoms with E-state index in [0.29, 0.717) is 0 Å². The number of benzene rings is 3. The minimum atomic E-state index is 0.190. The molecular formula is C22H19BrN2. The summed E-state index contributed by atoms with van der Waals surface area (Å²) in [5.41, 5.74) is 6.16. The second-order valence-electron chi connectivity index (χ2n) is 6.15. The molecule has 1 heterocycles. The molecule has 0 radical (unpaired) electrons. The van der Waals surface area contributed by atoms with Crippen molar-refractivity contribution in [3.05, 3.63) is 100 Å². The first-order valence-electron chi connectivity index (χ1n) is 8.35. The lowest BCUT2D eigenvalue weighted by molar-refractivity contribution is 0.987. The molecule has 1 atom stereocenters. The van der Waals surface area contributed by atoms with Gasteiger partial charge in [-0.05, 0) is 47.0 Å². The fourth-order valence-corrected chi connectivity index (χ4v) is 3.65.